The molecule has 0 bridgehead atoms. The number of hydrogen-bond acceptors (Lipinski definition) is 3. The molecule has 0 saturated carbocycles. The fraction of sp³-hybridized carbons (Fsp3) is 0.250. The molecule has 0 radical (unpaired) electrons. The molecule has 0 aliphatic rings. The number of rotatable bonds is 3. The van der Waals surface area contributed by atoms with E-state index in [4.69, 9.17) is 5.73 Å². The number of fused-ring (bicyclic) bond motifs is 1. The van der Waals surface area contributed by atoms with E-state index in [2.05, 4.69) is 41.2 Å². The molecule has 2 aromatic heterocycles. The van der Waals surface area contributed by atoms with Crippen LogP contribution in [0, 0.1) is 6.92 Å². The topological polar surface area (TPSA) is 56.7 Å². The number of nitrogens with zero attached hydrogens (tertiary/aromatic N) is 3. The first-order valence-corrected chi connectivity index (χ1v) is 6.79. The van der Waals surface area contributed by atoms with E-state index in [1.807, 2.05) is 29.8 Å². The summed E-state index contributed by atoms with van der Waals surface area (Å²) >= 11 is 0. The quantitative estimate of drug-likeness (QED) is 0.792. The zero-order valence-corrected chi connectivity index (χ0v) is 11.7. The summed E-state index contributed by atoms with van der Waals surface area (Å²) in [4.78, 5) is 8.87. The normalized spacial score (nSPS) is 12.7. The van der Waals surface area contributed by atoms with Gasteiger partial charge in [0.15, 0.2) is 5.65 Å². The first-order valence-electron chi connectivity index (χ1n) is 6.79. The summed E-state index contributed by atoms with van der Waals surface area (Å²) in [6, 6.07) is 12.4. The fourth-order valence-electron chi connectivity index (χ4n) is 2.50. The first kappa shape index (κ1) is 12.7. The summed E-state index contributed by atoms with van der Waals surface area (Å²) < 4.78 is 2.00. The molecule has 2 N–H and O–H groups in total. The monoisotopic (exact) mass is 266 g/mol. The lowest BCUT2D eigenvalue weighted by Crippen LogP contribution is -2.09. The van der Waals surface area contributed by atoms with Gasteiger partial charge in [0.2, 0.25) is 5.95 Å². The summed E-state index contributed by atoms with van der Waals surface area (Å²) in [6.45, 7) is 5.00. The van der Waals surface area contributed by atoms with E-state index in [0.29, 0.717) is 11.9 Å². The Labute approximate surface area is 118 Å². The number of pyridine rings is 1. The molecule has 1 aromatic carbocycles. The van der Waals surface area contributed by atoms with Crippen molar-refractivity contribution in [3.63, 3.8) is 0 Å². The second kappa shape index (κ2) is 4.96. The van der Waals surface area contributed by atoms with Crippen molar-refractivity contribution < 1.29 is 0 Å². The third-order valence-corrected chi connectivity index (χ3v) is 3.69. The molecule has 1 atom stereocenters. The molecule has 0 fully saturated rings. The second-order valence-corrected chi connectivity index (χ2v) is 5.19. The average molecular weight is 266 g/mol. The Kier molecular flexibility index (Phi) is 3.14. The van der Waals surface area contributed by atoms with Crippen molar-refractivity contribution >= 4 is 17.1 Å². The molecule has 3 rings (SSSR count). The molecule has 4 nitrogen and oxygen atoms in total. The minimum Gasteiger partial charge on any atom is -0.369 e. The third kappa shape index (κ3) is 2.13. The van der Waals surface area contributed by atoms with Crippen LogP contribution in [-0.4, -0.2) is 14.5 Å². The van der Waals surface area contributed by atoms with Gasteiger partial charge in [-0.25, -0.2) is 9.97 Å². The minimum atomic E-state index is 0.359. The Hall–Kier alpha value is -2.36. The molecule has 0 spiro atoms. The summed E-state index contributed by atoms with van der Waals surface area (Å²) in [5, 5.41) is 0. The van der Waals surface area contributed by atoms with Crippen LogP contribution in [0.25, 0.3) is 11.2 Å². The molecule has 0 amide bonds. The largest absolute Gasteiger partial charge is 0.369 e. The van der Waals surface area contributed by atoms with Crippen molar-refractivity contribution in [2.75, 3.05) is 5.73 Å². The molecule has 0 aliphatic carbocycles. The molecule has 20 heavy (non-hydrogen) atoms. The number of anilines is 1. The van der Waals surface area contributed by atoms with Crippen LogP contribution in [0.15, 0.2) is 42.6 Å². The summed E-state index contributed by atoms with van der Waals surface area (Å²) in [5.74, 6) is 0.891. The number of aryl methyl sites for hydroxylation is 1. The number of aromatic nitrogens is 3. The molecule has 2 heterocycles. The van der Waals surface area contributed by atoms with Crippen LogP contribution < -0.4 is 5.73 Å². The van der Waals surface area contributed by atoms with E-state index < -0.39 is 0 Å². The zero-order chi connectivity index (χ0) is 14.1. The Bertz CT molecular complexity index is 731. The zero-order valence-electron chi connectivity index (χ0n) is 11.7. The molecule has 0 saturated heterocycles. The Balaban J connectivity index is 1.99. The molecule has 4 heteroatoms. The Morgan fingerprint density at radius 1 is 1.20 bits per heavy atom. The van der Waals surface area contributed by atoms with Crippen molar-refractivity contribution in [2.45, 2.75) is 26.3 Å². The Morgan fingerprint density at radius 3 is 2.70 bits per heavy atom. The van der Waals surface area contributed by atoms with Crippen LogP contribution in [0.4, 0.5) is 5.95 Å². The van der Waals surface area contributed by atoms with Crippen molar-refractivity contribution in [3.8, 4) is 0 Å². The number of imidazole rings is 1. The van der Waals surface area contributed by atoms with Gasteiger partial charge in [-0.1, -0.05) is 37.3 Å². The van der Waals surface area contributed by atoms with Crippen molar-refractivity contribution in [1.29, 1.82) is 0 Å². The summed E-state index contributed by atoms with van der Waals surface area (Å²) in [6.07, 6.45) is 1.81. The lowest BCUT2D eigenvalue weighted by atomic mass is 10.0. The van der Waals surface area contributed by atoms with Gasteiger partial charge in [0, 0.05) is 12.7 Å². The maximum absolute atomic E-state index is 6.06. The fourth-order valence-corrected chi connectivity index (χ4v) is 2.50. The van der Waals surface area contributed by atoms with Gasteiger partial charge in [-0.05, 0) is 30.0 Å². The van der Waals surface area contributed by atoms with Crippen LogP contribution in [0.5, 0.6) is 0 Å². The highest BCUT2D eigenvalue weighted by atomic mass is 15.2. The van der Waals surface area contributed by atoms with E-state index >= 15 is 0 Å². The van der Waals surface area contributed by atoms with E-state index in [-0.39, 0.29) is 0 Å². The third-order valence-electron chi connectivity index (χ3n) is 3.69. The van der Waals surface area contributed by atoms with E-state index in [0.717, 1.165) is 23.3 Å². The smallest absolute Gasteiger partial charge is 0.202 e. The van der Waals surface area contributed by atoms with Gasteiger partial charge < -0.3 is 5.73 Å². The van der Waals surface area contributed by atoms with Crippen molar-refractivity contribution in [1.82, 2.24) is 14.5 Å². The maximum Gasteiger partial charge on any atom is 0.202 e. The highest BCUT2D eigenvalue weighted by Gasteiger charge is 2.14. The van der Waals surface area contributed by atoms with Crippen LogP contribution in [-0.2, 0) is 6.54 Å². The predicted molar refractivity (Wildman–Crippen MR) is 81.5 cm³/mol. The lowest BCUT2D eigenvalue weighted by Gasteiger charge is -2.14. The lowest BCUT2D eigenvalue weighted by molar-refractivity contribution is 0.613. The van der Waals surface area contributed by atoms with Gasteiger partial charge in [-0.3, -0.25) is 4.57 Å². The van der Waals surface area contributed by atoms with Gasteiger partial charge in [0.05, 0.1) is 0 Å². The summed E-state index contributed by atoms with van der Waals surface area (Å²) in [5.41, 5.74) is 10.2. The van der Waals surface area contributed by atoms with Crippen molar-refractivity contribution in [2.24, 2.45) is 0 Å². The maximum atomic E-state index is 6.06. The van der Waals surface area contributed by atoms with Crippen LogP contribution >= 0.6 is 0 Å². The number of hydrogen-bond donors (Lipinski definition) is 1. The molecular weight excluding hydrogens is 248 g/mol. The second-order valence-electron chi connectivity index (χ2n) is 5.19. The SMILES string of the molecule is Cc1ccnc2c1nc(N)n2CC(C)c1ccccc1. The average Bonchev–Trinajstić information content (AvgIpc) is 2.78. The van der Waals surface area contributed by atoms with E-state index in [1.165, 1.54) is 5.56 Å². The molecule has 1 unspecified atom stereocenters. The minimum absolute atomic E-state index is 0.359. The van der Waals surface area contributed by atoms with Gasteiger partial charge in [0.1, 0.15) is 5.52 Å². The van der Waals surface area contributed by atoms with Crippen LogP contribution in [0.3, 0.4) is 0 Å². The molecule has 0 aliphatic heterocycles. The van der Waals surface area contributed by atoms with Gasteiger partial charge in [-0.2, -0.15) is 0 Å². The molecular formula is C16H18N4. The summed E-state index contributed by atoms with van der Waals surface area (Å²) in [7, 11) is 0. The van der Waals surface area contributed by atoms with Crippen molar-refractivity contribution in [3.05, 3.63) is 53.7 Å². The van der Waals surface area contributed by atoms with Gasteiger partial charge in [-0.15, -0.1) is 0 Å². The molecule has 3 aromatic rings. The number of nitrogens with two attached hydrogens (primary N) is 1. The molecule has 102 valence electrons. The van der Waals surface area contributed by atoms with Crippen LogP contribution in [0.2, 0.25) is 0 Å². The Morgan fingerprint density at radius 2 is 1.95 bits per heavy atom. The standard InChI is InChI=1S/C16H18N4/c1-11-8-9-18-15-14(11)19-16(17)20(15)10-12(2)13-6-4-3-5-7-13/h3-9,12H,10H2,1-2H3,(H2,17,19). The van der Waals surface area contributed by atoms with Crippen LogP contribution in [0.1, 0.15) is 24.0 Å². The number of benzene rings is 1. The highest BCUT2D eigenvalue weighted by Crippen LogP contribution is 2.23. The van der Waals surface area contributed by atoms with E-state index in [9.17, 15) is 0 Å². The van der Waals surface area contributed by atoms with Gasteiger partial charge >= 0.3 is 0 Å². The first-order chi connectivity index (χ1) is 9.66. The van der Waals surface area contributed by atoms with E-state index in [1.54, 1.807) is 0 Å². The highest BCUT2D eigenvalue weighted by molar-refractivity contribution is 5.77. The predicted octanol–water partition coefficient (Wildman–Crippen LogP) is 3.13. The number of nitrogen functional groups attached to an aromatic ring is 1. The van der Waals surface area contributed by atoms with Gasteiger partial charge in [0.25, 0.3) is 0 Å².